The first-order chi connectivity index (χ1) is 7.59. The van der Waals surface area contributed by atoms with Gasteiger partial charge in [0, 0.05) is 30.9 Å². The van der Waals surface area contributed by atoms with Crippen molar-refractivity contribution in [2.45, 2.75) is 0 Å². The summed E-state index contributed by atoms with van der Waals surface area (Å²) in [5, 5.41) is 13.6. The van der Waals surface area contributed by atoms with E-state index in [-0.39, 0.29) is 5.69 Å². The van der Waals surface area contributed by atoms with Crippen LogP contribution < -0.4 is 5.32 Å². The second kappa shape index (κ2) is 3.69. The predicted octanol–water partition coefficient (Wildman–Crippen LogP) is 1.90. The van der Waals surface area contributed by atoms with Crippen molar-refractivity contribution in [3.8, 4) is 0 Å². The summed E-state index contributed by atoms with van der Waals surface area (Å²) in [5.74, 6) is 0.751. The summed E-state index contributed by atoms with van der Waals surface area (Å²) >= 11 is 0. The zero-order valence-corrected chi connectivity index (χ0v) is 8.80. The largest absolute Gasteiger partial charge is 0.346 e. The Morgan fingerprint density at radius 3 is 2.81 bits per heavy atom. The van der Waals surface area contributed by atoms with E-state index < -0.39 is 4.92 Å². The highest BCUT2D eigenvalue weighted by molar-refractivity contribution is 5.69. The summed E-state index contributed by atoms with van der Waals surface area (Å²) < 4.78 is 0. The highest BCUT2D eigenvalue weighted by Crippen LogP contribution is 2.26. The molecule has 1 aliphatic rings. The number of nitro groups is 1. The van der Waals surface area contributed by atoms with E-state index >= 15 is 0 Å². The molecule has 1 aliphatic heterocycles. The number of hydrogen-bond donors (Lipinski definition) is 1. The van der Waals surface area contributed by atoms with Gasteiger partial charge in [-0.1, -0.05) is 18.7 Å². The van der Waals surface area contributed by atoms with Gasteiger partial charge in [0.05, 0.1) is 10.6 Å². The van der Waals surface area contributed by atoms with Crippen LogP contribution in [0.25, 0.3) is 5.70 Å². The maximum absolute atomic E-state index is 10.7. The Morgan fingerprint density at radius 1 is 1.50 bits per heavy atom. The quantitative estimate of drug-likeness (QED) is 0.607. The van der Waals surface area contributed by atoms with Gasteiger partial charge in [0.1, 0.15) is 5.82 Å². The first kappa shape index (κ1) is 10.2. The molecule has 1 heterocycles. The Bertz CT molecular complexity index is 494. The van der Waals surface area contributed by atoms with Gasteiger partial charge in [0.25, 0.3) is 5.69 Å². The number of rotatable bonds is 2. The van der Waals surface area contributed by atoms with Gasteiger partial charge in [-0.15, -0.1) is 0 Å². The van der Waals surface area contributed by atoms with Crippen LogP contribution in [0.15, 0.2) is 42.9 Å². The molecule has 1 aromatic carbocycles. The Kier molecular flexibility index (Phi) is 2.36. The number of nitrogens with zero attached hydrogens (tertiary/aromatic N) is 2. The van der Waals surface area contributed by atoms with Crippen LogP contribution in [0.1, 0.15) is 5.56 Å². The van der Waals surface area contributed by atoms with Crippen molar-refractivity contribution >= 4 is 11.4 Å². The predicted molar refractivity (Wildman–Crippen MR) is 61.1 cm³/mol. The molecule has 0 radical (unpaired) electrons. The van der Waals surface area contributed by atoms with E-state index in [2.05, 4.69) is 11.9 Å². The molecule has 0 saturated carbocycles. The highest BCUT2D eigenvalue weighted by atomic mass is 16.6. The summed E-state index contributed by atoms with van der Waals surface area (Å²) in [6, 6.07) is 6.52. The van der Waals surface area contributed by atoms with Crippen molar-refractivity contribution in [3.63, 3.8) is 0 Å². The lowest BCUT2D eigenvalue weighted by atomic mass is 10.1. The number of nitro benzene ring substituents is 1. The van der Waals surface area contributed by atoms with Crippen LogP contribution in [0.3, 0.4) is 0 Å². The monoisotopic (exact) mass is 217 g/mol. The Labute approximate surface area is 92.8 Å². The average molecular weight is 217 g/mol. The van der Waals surface area contributed by atoms with Crippen LogP contribution in [-0.2, 0) is 0 Å². The molecule has 1 aromatic rings. The van der Waals surface area contributed by atoms with Crippen molar-refractivity contribution in [1.82, 2.24) is 10.2 Å². The molecule has 16 heavy (non-hydrogen) atoms. The van der Waals surface area contributed by atoms with E-state index in [0.29, 0.717) is 0 Å². The van der Waals surface area contributed by atoms with Crippen LogP contribution in [0.4, 0.5) is 5.69 Å². The standard InChI is InChI=1S/C11H11N3O2/c1-8-12-7-11(13(8)2)9-4-3-5-10(6-9)14(15)16/h3-7,12H,1H2,2H3. The molecular formula is C11H11N3O2. The van der Waals surface area contributed by atoms with Crippen LogP contribution >= 0.6 is 0 Å². The first-order valence-electron chi connectivity index (χ1n) is 4.74. The lowest BCUT2D eigenvalue weighted by Gasteiger charge is -2.16. The Hall–Kier alpha value is -2.30. The third-order valence-electron chi connectivity index (χ3n) is 2.49. The molecule has 0 spiro atoms. The molecule has 0 atom stereocenters. The van der Waals surface area contributed by atoms with Gasteiger partial charge < -0.3 is 10.2 Å². The Balaban J connectivity index is 2.38. The van der Waals surface area contributed by atoms with E-state index in [1.165, 1.54) is 6.07 Å². The zero-order valence-electron chi connectivity index (χ0n) is 8.80. The Morgan fingerprint density at radius 2 is 2.25 bits per heavy atom. The summed E-state index contributed by atoms with van der Waals surface area (Å²) in [5.41, 5.74) is 1.75. The van der Waals surface area contributed by atoms with E-state index in [1.54, 1.807) is 18.3 Å². The summed E-state index contributed by atoms with van der Waals surface area (Å²) in [7, 11) is 1.85. The number of nitrogens with one attached hydrogen (secondary N) is 1. The van der Waals surface area contributed by atoms with Crippen molar-refractivity contribution in [3.05, 3.63) is 58.5 Å². The van der Waals surface area contributed by atoms with Crippen molar-refractivity contribution in [1.29, 1.82) is 0 Å². The summed E-state index contributed by atoms with van der Waals surface area (Å²) in [6.45, 7) is 3.80. The van der Waals surface area contributed by atoms with Gasteiger partial charge in [0.15, 0.2) is 0 Å². The lowest BCUT2D eigenvalue weighted by Crippen LogP contribution is -2.14. The maximum Gasteiger partial charge on any atom is 0.270 e. The minimum Gasteiger partial charge on any atom is -0.346 e. The first-order valence-corrected chi connectivity index (χ1v) is 4.74. The molecular weight excluding hydrogens is 206 g/mol. The molecule has 0 aromatic heterocycles. The lowest BCUT2D eigenvalue weighted by molar-refractivity contribution is -0.384. The van der Waals surface area contributed by atoms with Crippen LogP contribution in [0.5, 0.6) is 0 Å². The van der Waals surface area contributed by atoms with Gasteiger partial charge in [-0.2, -0.15) is 0 Å². The molecule has 0 amide bonds. The molecule has 1 N–H and O–H groups in total. The van der Waals surface area contributed by atoms with E-state index in [0.717, 1.165) is 17.1 Å². The fraction of sp³-hybridized carbons (Fsp3) is 0.0909. The van der Waals surface area contributed by atoms with E-state index in [4.69, 9.17) is 0 Å². The summed E-state index contributed by atoms with van der Waals surface area (Å²) in [6.07, 6.45) is 1.78. The molecule has 0 unspecified atom stereocenters. The molecule has 82 valence electrons. The van der Waals surface area contributed by atoms with Gasteiger partial charge in [-0.25, -0.2) is 0 Å². The number of hydrogen-bond acceptors (Lipinski definition) is 4. The second-order valence-corrected chi connectivity index (χ2v) is 3.49. The van der Waals surface area contributed by atoms with Crippen LogP contribution in [-0.4, -0.2) is 16.9 Å². The molecule has 2 rings (SSSR count). The van der Waals surface area contributed by atoms with E-state index in [1.807, 2.05) is 18.0 Å². The second-order valence-electron chi connectivity index (χ2n) is 3.49. The normalized spacial score (nSPS) is 14.7. The minimum atomic E-state index is -0.402. The van der Waals surface area contributed by atoms with Gasteiger partial charge in [-0.3, -0.25) is 10.1 Å². The average Bonchev–Trinajstić information content (AvgIpc) is 2.60. The zero-order chi connectivity index (χ0) is 11.7. The molecule has 5 heteroatoms. The smallest absolute Gasteiger partial charge is 0.270 e. The fourth-order valence-corrected chi connectivity index (χ4v) is 1.55. The number of non-ortho nitro benzene ring substituents is 1. The molecule has 0 saturated heterocycles. The minimum absolute atomic E-state index is 0.0873. The van der Waals surface area contributed by atoms with Crippen molar-refractivity contribution in [2.75, 3.05) is 7.05 Å². The summed E-state index contributed by atoms with van der Waals surface area (Å²) in [4.78, 5) is 12.1. The van der Waals surface area contributed by atoms with Crippen molar-refractivity contribution < 1.29 is 4.92 Å². The fourth-order valence-electron chi connectivity index (χ4n) is 1.55. The van der Waals surface area contributed by atoms with E-state index in [9.17, 15) is 10.1 Å². The molecule has 0 aliphatic carbocycles. The van der Waals surface area contributed by atoms with Crippen molar-refractivity contribution in [2.24, 2.45) is 0 Å². The maximum atomic E-state index is 10.7. The topological polar surface area (TPSA) is 58.4 Å². The third kappa shape index (κ3) is 1.63. The van der Waals surface area contributed by atoms with Gasteiger partial charge in [0.2, 0.25) is 0 Å². The molecule has 0 bridgehead atoms. The third-order valence-corrected chi connectivity index (χ3v) is 2.49. The van der Waals surface area contributed by atoms with Gasteiger partial charge in [-0.05, 0) is 0 Å². The van der Waals surface area contributed by atoms with Gasteiger partial charge >= 0.3 is 0 Å². The number of benzene rings is 1. The molecule has 0 fully saturated rings. The molecule has 5 nitrogen and oxygen atoms in total. The van der Waals surface area contributed by atoms with Crippen LogP contribution in [0.2, 0.25) is 0 Å². The van der Waals surface area contributed by atoms with Crippen LogP contribution in [0, 0.1) is 10.1 Å². The SMILES string of the molecule is C=C1NC=C(c2cccc([N+](=O)[O-])c2)N1C. The highest BCUT2D eigenvalue weighted by Gasteiger charge is 2.17.